The first kappa shape index (κ1) is 16.9. The van der Waals surface area contributed by atoms with Crippen LogP contribution in [0.15, 0.2) is 27.1 Å². The molecule has 3 heterocycles. The highest BCUT2D eigenvalue weighted by molar-refractivity contribution is 7.13. The maximum absolute atomic E-state index is 13.0. The fourth-order valence-corrected chi connectivity index (χ4v) is 4.65. The monoisotopic (exact) mass is 370 g/mol. The molecule has 0 atom stereocenters. The van der Waals surface area contributed by atoms with Gasteiger partial charge < -0.3 is 0 Å². The average Bonchev–Trinajstić information content (AvgIpc) is 3.09. The molecule has 0 aromatic carbocycles. The number of nitrogens with one attached hydrogen (secondary N) is 1. The number of carbonyl (C=O) groups is 1. The van der Waals surface area contributed by atoms with Crippen LogP contribution in [0.1, 0.15) is 36.3 Å². The van der Waals surface area contributed by atoms with Crippen molar-refractivity contribution in [1.82, 2.24) is 9.13 Å². The van der Waals surface area contributed by atoms with Crippen molar-refractivity contribution in [2.45, 2.75) is 26.7 Å². The third kappa shape index (κ3) is 2.30. The van der Waals surface area contributed by atoms with E-state index in [4.69, 9.17) is 0 Å². The van der Waals surface area contributed by atoms with Crippen molar-refractivity contribution >= 4 is 28.2 Å². The predicted octanol–water partition coefficient (Wildman–Crippen LogP) is 1.93. The van der Waals surface area contributed by atoms with Gasteiger partial charge in [-0.3, -0.25) is 9.59 Å². The Morgan fingerprint density at radius 2 is 1.81 bits per heavy atom. The van der Waals surface area contributed by atoms with E-state index in [-0.39, 0.29) is 16.8 Å². The number of aromatic amines is 1. The van der Waals surface area contributed by atoms with Crippen molar-refractivity contribution in [3.63, 3.8) is 0 Å². The Kier molecular flexibility index (Phi) is 3.56. The molecule has 4 rings (SSSR count). The zero-order valence-corrected chi connectivity index (χ0v) is 16.0. The summed E-state index contributed by atoms with van der Waals surface area (Å²) in [5.41, 5.74) is 1.56. The summed E-state index contributed by atoms with van der Waals surface area (Å²) < 4.78 is 2.54. The van der Waals surface area contributed by atoms with Gasteiger partial charge in [0, 0.05) is 30.3 Å². The maximum Gasteiger partial charge on any atom is 0.417 e. The number of thiophene rings is 1. The number of aryl methyl sites for hydroxylation is 1. The molecule has 0 saturated heterocycles. The van der Waals surface area contributed by atoms with Crippen molar-refractivity contribution in [2.24, 2.45) is 19.5 Å². The highest BCUT2D eigenvalue weighted by Gasteiger charge is 2.38. The van der Waals surface area contributed by atoms with Gasteiger partial charge >= 0.3 is 5.69 Å². The Balaban J connectivity index is 2.28. The molecular weight excluding hydrogens is 350 g/mol. The van der Waals surface area contributed by atoms with Crippen molar-refractivity contribution in [3.05, 3.63) is 49.6 Å². The van der Waals surface area contributed by atoms with Gasteiger partial charge in [0.15, 0.2) is 5.78 Å². The van der Waals surface area contributed by atoms with E-state index in [1.807, 2.05) is 17.5 Å². The summed E-state index contributed by atoms with van der Waals surface area (Å²) in [6, 6.07) is 3.82. The quantitative estimate of drug-likeness (QED) is 0.657. The predicted molar refractivity (Wildman–Crippen MR) is 101 cm³/mol. The van der Waals surface area contributed by atoms with Gasteiger partial charge in [-0.2, -0.15) is 4.57 Å². The number of ketones is 1. The summed E-state index contributed by atoms with van der Waals surface area (Å²) in [7, 11) is 3.10. The van der Waals surface area contributed by atoms with Crippen molar-refractivity contribution in [2.75, 3.05) is 0 Å². The minimum atomic E-state index is -0.391. The smallest absolute Gasteiger partial charge is 0.294 e. The molecule has 0 fully saturated rings. The first-order chi connectivity index (χ1) is 12.2. The Morgan fingerprint density at radius 3 is 2.46 bits per heavy atom. The van der Waals surface area contributed by atoms with Gasteiger partial charge in [-0.25, -0.2) is 14.3 Å². The van der Waals surface area contributed by atoms with Crippen LogP contribution in [-0.2, 0) is 20.5 Å². The lowest BCUT2D eigenvalue weighted by molar-refractivity contribution is -0.365. The summed E-state index contributed by atoms with van der Waals surface area (Å²) in [4.78, 5) is 42.5. The minimum absolute atomic E-state index is 0.0358. The number of H-pyrrole nitrogens is 1. The SMILES string of the molecule is Cn1c(=O)c2c(-c3cccs3)c3c([nH+]c2n(C)c1=O)CC(C)(C)CC3=O. The van der Waals surface area contributed by atoms with E-state index < -0.39 is 5.69 Å². The number of nitrogens with zero attached hydrogens (tertiary/aromatic N) is 2. The van der Waals surface area contributed by atoms with Gasteiger partial charge in [-0.1, -0.05) is 19.9 Å². The summed E-state index contributed by atoms with van der Waals surface area (Å²) in [5.74, 6) is 0.0358. The molecule has 7 heteroatoms. The average molecular weight is 370 g/mol. The lowest BCUT2D eigenvalue weighted by Crippen LogP contribution is -2.42. The van der Waals surface area contributed by atoms with Crippen LogP contribution in [0.25, 0.3) is 21.5 Å². The molecule has 0 saturated carbocycles. The molecular formula is C19H20N3O3S+. The first-order valence-electron chi connectivity index (χ1n) is 8.46. The number of rotatable bonds is 1. The van der Waals surface area contributed by atoms with Crippen molar-refractivity contribution < 1.29 is 9.78 Å². The molecule has 6 nitrogen and oxygen atoms in total. The van der Waals surface area contributed by atoms with E-state index in [1.165, 1.54) is 23.0 Å². The summed E-state index contributed by atoms with van der Waals surface area (Å²) >= 11 is 1.49. The summed E-state index contributed by atoms with van der Waals surface area (Å²) in [5, 5.41) is 2.32. The van der Waals surface area contributed by atoms with E-state index in [9.17, 15) is 14.4 Å². The third-order valence-electron chi connectivity index (χ3n) is 5.08. The summed E-state index contributed by atoms with van der Waals surface area (Å²) in [6.07, 6.45) is 1.12. The number of Topliss-reactive ketones (excluding diaryl/α,β-unsaturated/α-hetero) is 1. The molecule has 0 aliphatic heterocycles. The maximum atomic E-state index is 13.0. The molecule has 1 aliphatic rings. The zero-order chi connectivity index (χ0) is 18.8. The van der Waals surface area contributed by atoms with Crippen LogP contribution in [0.4, 0.5) is 0 Å². The molecule has 3 aromatic heterocycles. The molecule has 1 aliphatic carbocycles. The second-order valence-corrected chi connectivity index (χ2v) is 8.65. The Bertz CT molecular complexity index is 1180. The molecule has 0 spiro atoms. The number of aromatic nitrogens is 3. The fourth-order valence-electron chi connectivity index (χ4n) is 3.87. The highest BCUT2D eigenvalue weighted by atomic mass is 32.1. The highest BCUT2D eigenvalue weighted by Crippen LogP contribution is 2.40. The van der Waals surface area contributed by atoms with Gasteiger partial charge in [-0.15, -0.1) is 11.3 Å². The van der Waals surface area contributed by atoms with Crippen LogP contribution in [0.5, 0.6) is 0 Å². The third-order valence-corrected chi connectivity index (χ3v) is 5.96. The van der Waals surface area contributed by atoms with Gasteiger partial charge in [-0.05, 0) is 16.9 Å². The molecule has 0 radical (unpaired) electrons. The van der Waals surface area contributed by atoms with E-state index in [2.05, 4.69) is 18.8 Å². The lowest BCUT2D eigenvalue weighted by Gasteiger charge is -2.29. The van der Waals surface area contributed by atoms with Crippen LogP contribution in [0, 0.1) is 5.41 Å². The second kappa shape index (κ2) is 5.48. The number of pyridine rings is 1. The first-order valence-corrected chi connectivity index (χ1v) is 9.34. The molecule has 134 valence electrons. The largest absolute Gasteiger partial charge is 0.417 e. The second-order valence-electron chi connectivity index (χ2n) is 7.70. The number of hydrogen-bond acceptors (Lipinski definition) is 4. The fraction of sp³-hybridized carbons (Fsp3) is 0.368. The minimum Gasteiger partial charge on any atom is -0.294 e. The number of fused-ring (bicyclic) bond motifs is 2. The Hall–Kier alpha value is -2.54. The Morgan fingerprint density at radius 1 is 1.08 bits per heavy atom. The molecule has 26 heavy (non-hydrogen) atoms. The van der Waals surface area contributed by atoms with Crippen LogP contribution < -0.4 is 16.2 Å². The molecule has 1 N–H and O–H groups in total. The Labute approximate surface area is 153 Å². The zero-order valence-electron chi connectivity index (χ0n) is 15.2. The normalized spacial score (nSPS) is 16.1. The standard InChI is InChI=1S/C19H19N3O3S/c1-19(2)8-10-13(11(23)9-19)14(12-6-5-7-26-12)15-16(20-10)21(3)18(25)22(4)17(15)24/h5-7H,8-9H2,1-4H3/p+1. The van der Waals surface area contributed by atoms with Crippen LogP contribution in [-0.4, -0.2) is 14.9 Å². The molecule has 3 aromatic rings. The van der Waals surface area contributed by atoms with Crippen LogP contribution in [0.2, 0.25) is 0 Å². The summed E-state index contributed by atoms with van der Waals surface area (Å²) in [6.45, 7) is 4.11. The van der Waals surface area contributed by atoms with E-state index in [0.717, 1.165) is 15.1 Å². The lowest BCUT2D eigenvalue weighted by atomic mass is 9.74. The van der Waals surface area contributed by atoms with Gasteiger partial charge in [0.1, 0.15) is 11.1 Å². The van der Waals surface area contributed by atoms with Gasteiger partial charge in [0.05, 0.1) is 12.6 Å². The molecule has 0 bridgehead atoms. The number of carbonyl (C=O) groups excluding carboxylic acids is 1. The van der Waals surface area contributed by atoms with Crippen molar-refractivity contribution in [3.8, 4) is 10.4 Å². The van der Waals surface area contributed by atoms with Crippen molar-refractivity contribution in [1.29, 1.82) is 0 Å². The van der Waals surface area contributed by atoms with E-state index in [0.29, 0.717) is 35.0 Å². The van der Waals surface area contributed by atoms with Crippen LogP contribution in [0.3, 0.4) is 0 Å². The van der Waals surface area contributed by atoms with Crippen LogP contribution >= 0.6 is 11.3 Å². The molecule has 0 unspecified atom stereocenters. The van der Waals surface area contributed by atoms with Gasteiger partial charge in [0.2, 0.25) is 0 Å². The van der Waals surface area contributed by atoms with Gasteiger partial charge in [0.25, 0.3) is 11.2 Å². The van der Waals surface area contributed by atoms with E-state index >= 15 is 0 Å². The van der Waals surface area contributed by atoms with E-state index in [1.54, 1.807) is 7.05 Å². The number of hydrogen-bond donors (Lipinski definition) is 0. The topological polar surface area (TPSA) is 75.2 Å². The molecule has 0 amide bonds.